The minimum atomic E-state index is -1.33. The molecular formula is C6H9N5O4S. The lowest BCUT2D eigenvalue weighted by Crippen LogP contribution is -2.28. The SMILES string of the molecule is N=C(NC(=O)O)c1nnc(OCCON)s1. The van der Waals surface area contributed by atoms with Crippen molar-refractivity contribution in [2.75, 3.05) is 13.2 Å². The topological polar surface area (TPSA) is 143 Å². The zero-order chi connectivity index (χ0) is 12.0. The van der Waals surface area contributed by atoms with Crippen LogP contribution >= 0.6 is 11.3 Å². The minimum absolute atomic E-state index is 0.117. The molecule has 0 aromatic carbocycles. The highest BCUT2D eigenvalue weighted by atomic mass is 32.1. The van der Waals surface area contributed by atoms with Gasteiger partial charge in [-0.3, -0.25) is 10.7 Å². The number of nitrogens with two attached hydrogens (primary N) is 1. The maximum Gasteiger partial charge on any atom is 0.410 e. The summed E-state index contributed by atoms with van der Waals surface area (Å²) in [4.78, 5) is 14.5. The summed E-state index contributed by atoms with van der Waals surface area (Å²) in [7, 11) is 0. The molecule has 0 aliphatic carbocycles. The second-order valence-electron chi connectivity index (χ2n) is 2.40. The molecule has 0 radical (unpaired) electrons. The number of carboxylic acid groups (broad SMARTS) is 1. The van der Waals surface area contributed by atoms with Gasteiger partial charge in [-0.2, -0.15) is 0 Å². The van der Waals surface area contributed by atoms with Crippen molar-refractivity contribution in [2.24, 2.45) is 5.90 Å². The first-order valence-corrected chi connectivity index (χ1v) is 4.82. The van der Waals surface area contributed by atoms with Gasteiger partial charge in [-0.25, -0.2) is 10.7 Å². The number of rotatable bonds is 5. The van der Waals surface area contributed by atoms with Gasteiger partial charge in [-0.05, 0) is 0 Å². The summed E-state index contributed by atoms with van der Waals surface area (Å²) in [5.41, 5.74) is 0. The largest absolute Gasteiger partial charge is 0.466 e. The lowest BCUT2D eigenvalue weighted by molar-refractivity contribution is 0.102. The van der Waals surface area contributed by atoms with E-state index in [1.165, 1.54) is 0 Å². The van der Waals surface area contributed by atoms with Gasteiger partial charge in [0.15, 0.2) is 10.8 Å². The maximum absolute atomic E-state index is 10.2. The Hall–Kier alpha value is -1.78. The van der Waals surface area contributed by atoms with Crippen molar-refractivity contribution in [3.63, 3.8) is 0 Å². The van der Waals surface area contributed by atoms with E-state index in [1.807, 2.05) is 5.32 Å². The number of amidine groups is 1. The van der Waals surface area contributed by atoms with E-state index in [-0.39, 0.29) is 29.3 Å². The van der Waals surface area contributed by atoms with Crippen molar-refractivity contribution in [1.82, 2.24) is 15.5 Å². The van der Waals surface area contributed by atoms with Crippen molar-refractivity contribution in [2.45, 2.75) is 0 Å². The first-order valence-electron chi connectivity index (χ1n) is 4.00. The number of aromatic nitrogens is 2. The van der Waals surface area contributed by atoms with E-state index in [0.717, 1.165) is 11.3 Å². The van der Waals surface area contributed by atoms with Crippen LogP contribution in [0, 0.1) is 5.41 Å². The molecule has 1 aromatic rings. The number of nitrogens with one attached hydrogen (secondary N) is 2. The molecule has 16 heavy (non-hydrogen) atoms. The molecule has 9 nitrogen and oxygen atoms in total. The Kier molecular flexibility index (Phi) is 4.57. The third-order valence-corrected chi connectivity index (χ3v) is 2.13. The molecule has 10 heteroatoms. The molecule has 0 saturated carbocycles. The highest BCUT2D eigenvalue weighted by molar-refractivity contribution is 7.15. The monoisotopic (exact) mass is 247 g/mol. The molecule has 88 valence electrons. The average Bonchev–Trinajstić information content (AvgIpc) is 2.66. The average molecular weight is 247 g/mol. The van der Waals surface area contributed by atoms with Crippen molar-refractivity contribution in [1.29, 1.82) is 5.41 Å². The van der Waals surface area contributed by atoms with E-state index in [2.05, 4.69) is 15.0 Å². The molecular weight excluding hydrogens is 238 g/mol. The van der Waals surface area contributed by atoms with Gasteiger partial charge < -0.3 is 14.7 Å². The zero-order valence-corrected chi connectivity index (χ0v) is 8.78. The molecule has 0 saturated heterocycles. The first kappa shape index (κ1) is 12.3. The Balaban J connectivity index is 2.50. The molecule has 5 N–H and O–H groups in total. The normalized spacial score (nSPS) is 9.81. The molecule has 1 heterocycles. The van der Waals surface area contributed by atoms with Crippen molar-refractivity contribution in [3.05, 3.63) is 5.01 Å². The first-order chi connectivity index (χ1) is 7.63. The number of ether oxygens (including phenoxy) is 1. The second-order valence-corrected chi connectivity index (χ2v) is 3.34. The summed E-state index contributed by atoms with van der Waals surface area (Å²) in [5.74, 6) is 4.43. The fourth-order valence-corrected chi connectivity index (χ4v) is 1.33. The predicted molar refractivity (Wildman–Crippen MR) is 53.5 cm³/mol. The van der Waals surface area contributed by atoms with Gasteiger partial charge in [-0.1, -0.05) is 16.4 Å². The van der Waals surface area contributed by atoms with Gasteiger partial charge in [0.25, 0.3) is 5.19 Å². The smallest absolute Gasteiger partial charge is 0.410 e. The highest BCUT2D eigenvalue weighted by Crippen LogP contribution is 2.17. The van der Waals surface area contributed by atoms with Crippen LogP contribution in [0.2, 0.25) is 0 Å². The molecule has 0 spiro atoms. The van der Waals surface area contributed by atoms with Crippen LogP contribution in [0.1, 0.15) is 5.01 Å². The second kappa shape index (κ2) is 5.95. The van der Waals surface area contributed by atoms with Gasteiger partial charge in [-0.15, -0.1) is 5.10 Å². The standard InChI is InChI=1S/C6H9N5O4S/c7-3(9-5(12)13)4-10-11-6(16-4)14-1-2-15-8/h1-2,8H2,(H2,7,9)(H,12,13). The molecule has 1 rings (SSSR count). The fraction of sp³-hybridized carbons (Fsp3) is 0.333. The fourth-order valence-electron chi connectivity index (χ4n) is 0.707. The summed E-state index contributed by atoms with van der Waals surface area (Å²) in [6.45, 7) is 0.393. The highest BCUT2D eigenvalue weighted by Gasteiger charge is 2.12. The van der Waals surface area contributed by atoms with Crippen LogP contribution in [0.4, 0.5) is 4.79 Å². The summed E-state index contributed by atoms with van der Waals surface area (Å²) >= 11 is 0.942. The molecule has 1 aromatic heterocycles. The van der Waals surface area contributed by atoms with Gasteiger partial charge in [0.1, 0.15) is 13.2 Å². The van der Waals surface area contributed by atoms with E-state index in [9.17, 15) is 4.79 Å². The number of carbonyl (C=O) groups is 1. The van der Waals surface area contributed by atoms with E-state index in [0.29, 0.717) is 0 Å². The molecule has 0 bridgehead atoms. The van der Waals surface area contributed by atoms with Gasteiger partial charge in [0.05, 0.1) is 0 Å². The number of hydrogen-bond donors (Lipinski definition) is 4. The Morgan fingerprint density at radius 1 is 1.56 bits per heavy atom. The number of nitrogens with zero attached hydrogens (tertiary/aromatic N) is 2. The molecule has 1 amide bonds. The van der Waals surface area contributed by atoms with E-state index in [1.54, 1.807) is 0 Å². The molecule has 0 unspecified atom stereocenters. The molecule has 0 aliphatic heterocycles. The molecule has 0 fully saturated rings. The van der Waals surface area contributed by atoms with E-state index in [4.69, 9.17) is 21.1 Å². The van der Waals surface area contributed by atoms with Crippen LogP contribution in [0.3, 0.4) is 0 Å². The van der Waals surface area contributed by atoms with Crippen LogP contribution in [0.15, 0.2) is 0 Å². The van der Waals surface area contributed by atoms with Crippen LogP contribution in [-0.2, 0) is 4.84 Å². The predicted octanol–water partition coefficient (Wildman–Crippen LogP) is -0.600. The van der Waals surface area contributed by atoms with Crippen molar-refractivity contribution in [3.8, 4) is 5.19 Å². The van der Waals surface area contributed by atoms with Gasteiger partial charge >= 0.3 is 6.09 Å². The maximum atomic E-state index is 10.2. The Bertz CT molecular complexity index is 381. The molecule has 0 atom stereocenters. The van der Waals surface area contributed by atoms with Gasteiger partial charge in [0, 0.05) is 0 Å². The summed E-state index contributed by atoms with van der Waals surface area (Å²) in [5, 5.41) is 25.0. The summed E-state index contributed by atoms with van der Waals surface area (Å²) in [6.07, 6.45) is -1.33. The number of amides is 1. The third kappa shape index (κ3) is 3.76. The summed E-state index contributed by atoms with van der Waals surface area (Å²) < 4.78 is 5.05. The van der Waals surface area contributed by atoms with Crippen molar-refractivity contribution >= 4 is 23.3 Å². The Morgan fingerprint density at radius 2 is 2.31 bits per heavy atom. The molecule has 0 aliphatic rings. The van der Waals surface area contributed by atoms with Crippen LogP contribution in [-0.4, -0.2) is 40.4 Å². The van der Waals surface area contributed by atoms with E-state index < -0.39 is 6.09 Å². The Morgan fingerprint density at radius 3 is 2.94 bits per heavy atom. The van der Waals surface area contributed by atoms with Crippen molar-refractivity contribution < 1.29 is 19.5 Å². The number of hydrogen-bond acceptors (Lipinski definition) is 8. The van der Waals surface area contributed by atoms with Crippen LogP contribution < -0.4 is 16.0 Å². The van der Waals surface area contributed by atoms with Gasteiger partial charge in [0.2, 0.25) is 0 Å². The van der Waals surface area contributed by atoms with Crippen LogP contribution in [0.25, 0.3) is 0 Å². The Labute approximate surface area is 93.7 Å². The quantitative estimate of drug-likeness (QED) is 0.235. The third-order valence-electron chi connectivity index (χ3n) is 1.28. The lowest BCUT2D eigenvalue weighted by atomic mass is 10.6. The van der Waals surface area contributed by atoms with Crippen LogP contribution in [0.5, 0.6) is 5.19 Å². The summed E-state index contributed by atoms with van der Waals surface area (Å²) in [6, 6.07) is 0. The zero-order valence-electron chi connectivity index (χ0n) is 7.97. The minimum Gasteiger partial charge on any atom is -0.466 e. The van der Waals surface area contributed by atoms with E-state index >= 15 is 0 Å². The lowest BCUT2D eigenvalue weighted by Gasteiger charge is -1.98.